The summed E-state index contributed by atoms with van der Waals surface area (Å²) < 4.78 is 5.42. The smallest absolute Gasteiger partial charge is 0.265 e. The van der Waals surface area contributed by atoms with E-state index in [4.69, 9.17) is 4.74 Å². The third-order valence-electron chi connectivity index (χ3n) is 3.47. The fraction of sp³-hybridized carbons (Fsp3) is 0.500. The summed E-state index contributed by atoms with van der Waals surface area (Å²) >= 11 is 0. The number of ether oxygens (including phenoxy) is 1. The molecule has 1 aromatic rings. The van der Waals surface area contributed by atoms with Gasteiger partial charge < -0.3 is 15.0 Å². The number of benzene rings is 1. The molecular formula is C16H22N2O3. The lowest BCUT2D eigenvalue weighted by Crippen LogP contribution is -2.41. The number of nitrogens with zero attached hydrogens (tertiary/aromatic N) is 1. The van der Waals surface area contributed by atoms with Crippen molar-refractivity contribution in [2.45, 2.75) is 33.1 Å². The quantitative estimate of drug-likeness (QED) is 0.816. The van der Waals surface area contributed by atoms with Crippen molar-refractivity contribution in [3.63, 3.8) is 0 Å². The molecule has 5 nitrogen and oxygen atoms in total. The normalized spacial score (nSPS) is 13.6. The molecule has 5 heteroatoms. The predicted octanol–water partition coefficient (Wildman–Crippen LogP) is 2.03. The lowest BCUT2D eigenvalue weighted by molar-refractivity contribution is -0.122. The zero-order valence-corrected chi connectivity index (χ0v) is 12.6. The minimum Gasteiger partial charge on any atom is -0.482 e. The molecule has 2 rings (SSSR count). The second kappa shape index (κ2) is 7.11. The van der Waals surface area contributed by atoms with Gasteiger partial charge in [-0.3, -0.25) is 9.59 Å². The standard InChI is InChI=1S/C16H22N2O3/c1-3-4-8-17-15(19)7-9-18-13-10-12(2)5-6-14(13)21-11-16(18)20/h5-6,10H,3-4,7-9,11H2,1-2H3,(H,17,19). The molecule has 0 aliphatic carbocycles. The molecule has 2 amide bonds. The Labute approximate surface area is 125 Å². The van der Waals surface area contributed by atoms with Crippen LogP contribution >= 0.6 is 0 Å². The highest BCUT2D eigenvalue weighted by atomic mass is 16.5. The van der Waals surface area contributed by atoms with Gasteiger partial charge in [0.25, 0.3) is 5.91 Å². The average molecular weight is 290 g/mol. The van der Waals surface area contributed by atoms with Crippen LogP contribution in [0.5, 0.6) is 5.75 Å². The molecule has 0 atom stereocenters. The minimum absolute atomic E-state index is 0.0167. The summed E-state index contributed by atoms with van der Waals surface area (Å²) in [6.45, 7) is 5.17. The van der Waals surface area contributed by atoms with E-state index in [1.165, 1.54) is 0 Å². The topological polar surface area (TPSA) is 58.6 Å². The maximum absolute atomic E-state index is 12.0. The molecule has 1 aromatic carbocycles. The monoisotopic (exact) mass is 290 g/mol. The van der Waals surface area contributed by atoms with Crippen molar-refractivity contribution in [1.82, 2.24) is 5.32 Å². The molecular weight excluding hydrogens is 268 g/mol. The lowest BCUT2D eigenvalue weighted by Gasteiger charge is -2.29. The second-order valence-electron chi connectivity index (χ2n) is 5.26. The van der Waals surface area contributed by atoms with Crippen molar-refractivity contribution in [1.29, 1.82) is 0 Å². The number of fused-ring (bicyclic) bond motifs is 1. The molecule has 1 heterocycles. The van der Waals surface area contributed by atoms with Crippen LogP contribution in [0.3, 0.4) is 0 Å². The van der Waals surface area contributed by atoms with Gasteiger partial charge in [0.05, 0.1) is 5.69 Å². The van der Waals surface area contributed by atoms with E-state index in [9.17, 15) is 9.59 Å². The van der Waals surface area contributed by atoms with Crippen LogP contribution in [0.4, 0.5) is 5.69 Å². The first-order valence-electron chi connectivity index (χ1n) is 7.42. The van der Waals surface area contributed by atoms with Crippen LogP contribution in [0.25, 0.3) is 0 Å². The molecule has 1 aliphatic rings. The van der Waals surface area contributed by atoms with E-state index < -0.39 is 0 Å². The number of amides is 2. The number of anilines is 1. The third kappa shape index (κ3) is 3.97. The first-order valence-corrected chi connectivity index (χ1v) is 7.42. The van der Waals surface area contributed by atoms with Crippen LogP contribution in [0.15, 0.2) is 18.2 Å². The molecule has 114 valence electrons. The van der Waals surface area contributed by atoms with Gasteiger partial charge >= 0.3 is 0 Å². The predicted molar refractivity (Wildman–Crippen MR) is 81.6 cm³/mol. The highest BCUT2D eigenvalue weighted by molar-refractivity contribution is 5.98. The van der Waals surface area contributed by atoms with E-state index in [0.717, 1.165) is 24.1 Å². The van der Waals surface area contributed by atoms with Gasteiger partial charge in [-0.15, -0.1) is 0 Å². The van der Waals surface area contributed by atoms with Crippen molar-refractivity contribution in [3.05, 3.63) is 23.8 Å². The Balaban J connectivity index is 1.98. The molecule has 0 bridgehead atoms. The Kier molecular flexibility index (Phi) is 5.20. The van der Waals surface area contributed by atoms with Crippen molar-refractivity contribution >= 4 is 17.5 Å². The fourth-order valence-corrected chi connectivity index (χ4v) is 2.26. The van der Waals surface area contributed by atoms with Gasteiger partial charge in [0.15, 0.2) is 6.61 Å². The molecule has 0 unspecified atom stereocenters. The van der Waals surface area contributed by atoms with Gasteiger partial charge in [-0.25, -0.2) is 0 Å². The number of carbonyl (C=O) groups is 2. The summed E-state index contributed by atoms with van der Waals surface area (Å²) in [5.74, 6) is 0.581. The van der Waals surface area contributed by atoms with E-state index >= 15 is 0 Å². The van der Waals surface area contributed by atoms with Crippen LogP contribution < -0.4 is 15.0 Å². The van der Waals surface area contributed by atoms with Gasteiger partial charge in [0.1, 0.15) is 5.75 Å². The van der Waals surface area contributed by atoms with E-state index in [-0.39, 0.29) is 18.4 Å². The molecule has 0 saturated heterocycles. The Morgan fingerprint density at radius 1 is 1.43 bits per heavy atom. The van der Waals surface area contributed by atoms with Gasteiger partial charge in [0.2, 0.25) is 5.91 Å². The minimum atomic E-state index is -0.102. The number of nitrogens with one attached hydrogen (secondary N) is 1. The summed E-state index contributed by atoms with van der Waals surface area (Å²) in [5, 5.41) is 2.87. The SMILES string of the molecule is CCCCNC(=O)CCN1C(=O)COc2ccc(C)cc21. The van der Waals surface area contributed by atoms with Crippen LogP contribution in [0.1, 0.15) is 31.7 Å². The Morgan fingerprint density at radius 2 is 2.24 bits per heavy atom. The zero-order chi connectivity index (χ0) is 15.2. The molecule has 21 heavy (non-hydrogen) atoms. The molecule has 1 aliphatic heterocycles. The molecule has 0 aromatic heterocycles. The van der Waals surface area contributed by atoms with Crippen molar-refractivity contribution in [2.24, 2.45) is 0 Å². The lowest BCUT2D eigenvalue weighted by atomic mass is 10.1. The molecule has 0 spiro atoms. The number of rotatable bonds is 6. The second-order valence-corrected chi connectivity index (χ2v) is 5.26. The highest BCUT2D eigenvalue weighted by Crippen LogP contribution is 2.32. The zero-order valence-electron chi connectivity index (χ0n) is 12.6. The molecule has 0 fully saturated rings. The van der Waals surface area contributed by atoms with Crippen LogP contribution in [0.2, 0.25) is 0 Å². The molecule has 1 N–H and O–H groups in total. The van der Waals surface area contributed by atoms with Crippen LogP contribution in [-0.4, -0.2) is 31.5 Å². The number of aryl methyl sites for hydroxylation is 1. The first-order chi connectivity index (χ1) is 10.1. The van der Waals surface area contributed by atoms with E-state index in [1.807, 2.05) is 25.1 Å². The van der Waals surface area contributed by atoms with Crippen LogP contribution in [-0.2, 0) is 9.59 Å². The summed E-state index contributed by atoms with van der Waals surface area (Å²) in [7, 11) is 0. The number of unbranched alkanes of at least 4 members (excludes halogenated alkanes) is 1. The molecule has 0 radical (unpaired) electrons. The summed E-state index contributed by atoms with van der Waals surface area (Å²) in [6.07, 6.45) is 2.34. The van der Waals surface area contributed by atoms with Gasteiger partial charge in [-0.05, 0) is 31.0 Å². The van der Waals surface area contributed by atoms with Crippen molar-refractivity contribution in [3.8, 4) is 5.75 Å². The van der Waals surface area contributed by atoms with Gasteiger partial charge in [0, 0.05) is 19.5 Å². The Morgan fingerprint density at radius 3 is 3.00 bits per heavy atom. The first kappa shape index (κ1) is 15.4. The van der Waals surface area contributed by atoms with Crippen molar-refractivity contribution < 1.29 is 14.3 Å². The van der Waals surface area contributed by atoms with E-state index in [2.05, 4.69) is 12.2 Å². The Bertz CT molecular complexity index is 528. The summed E-state index contributed by atoms with van der Waals surface area (Å²) in [6, 6.07) is 5.73. The number of carbonyl (C=O) groups excluding carboxylic acids is 2. The molecule has 0 saturated carbocycles. The van der Waals surface area contributed by atoms with Gasteiger partial charge in [-0.2, -0.15) is 0 Å². The maximum Gasteiger partial charge on any atom is 0.265 e. The van der Waals surface area contributed by atoms with E-state index in [1.54, 1.807) is 4.90 Å². The summed E-state index contributed by atoms with van der Waals surface area (Å²) in [4.78, 5) is 25.4. The number of hydrogen-bond acceptors (Lipinski definition) is 3. The largest absolute Gasteiger partial charge is 0.482 e. The van der Waals surface area contributed by atoms with Crippen LogP contribution in [0, 0.1) is 6.92 Å². The maximum atomic E-state index is 12.0. The Hall–Kier alpha value is -2.04. The average Bonchev–Trinajstić information content (AvgIpc) is 2.46. The van der Waals surface area contributed by atoms with E-state index in [0.29, 0.717) is 25.3 Å². The fourth-order valence-electron chi connectivity index (χ4n) is 2.26. The third-order valence-corrected chi connectivity index (χ3v) is 3.47. The number of hydrogen-bond donors (Lipinski definition) is 1. The van der Waals surface area contributed by atoms with Gasteiger partial charge in [-0.1, -0.05) is 19.4 Å². The van der Waals surface area contributed by atoms with Crippen molar-refractivity contribution in [2.75, 3.05) is 24.6 Å². The highest BCUT2D eigenvalue weighted by Gasteiger charge is 2.25. The summed E-state index contributed by atoms with van der Waals surface area (Å²) in [5.41, 5.74) is 1.82.